The maximum Gasteiger partial charge on any atom is 0.274 e. The Morgan fingerprint density at radius 1 is 1.03 bits per heavy atom. The highest BCUT2D eigenvalue weighted by atomic mass is 32.2. The van der Waals surface area contributed by atoms with Gasteiger partial charge in [0, 0.05) is 18.0 Å². The summed E-state index contributed by atoms with van der Waals surface area (Å²) in [5.74, 6) is 0.816. The molecule has 0 bridgehead atoms. The van der Waals surface area contributed by atoms with Crippen LogP contribution in [0.3, 0.4) is 0 Å². The number of amidine groups is 1. The molecule has 2 aromatic rings. The van der Waals surface area contributed by atoms with Gasteiger partial charge < -0.3 is 9.64 Å². The Balaban J connectivity index is 1.55. The molecule has 5 rings (SSSR count). The maximum absolute atomic E-state index is 13.8. The molecule has 1 saturated heterocycles. The van der Waals surface area contributed by atoms with E-state index in [1.54, 1.807) is 23.8 Å². The number of anilines is 2. The van der Waals surface area contributed by atoms with E-state index in [4.69, 9.17) is 9.73 Å². The molecule has 2 aliphatic heterocycles. The van der Waals surface area contributed by atoms with Gasteiger partial charge in [-0.25, -0.2) is 0 Å². The van der Waals surface area contributed by atoms with Crippen LogP contribution in [0.2, 0.25) is 0 Å². The van der Waals surface area contributed by atoms with E-state index in [0.29, 0.717) is 6.04 Å². The summed E-state index contributed by atoms with van der Waals surface area (Å²) in [4.78, 5) is 24.6. The van der Waals surface area contributed by atoms with Crippen LogP contribution in [0.5, 0.6) is 5.75 Å². The quantitative estimate of drug-likeness (QED) is 0.506. The number of methoxy groups -OCH3 is 1. The standard InChI is InChI=1S/C25H27N3O2S2/c1-16-9-11-18(12-10-16)28-23(29)22(32-25(28)26-17-7-5-4-6-8-17)24-27(2)20-15-19(30-3)13-14-21(20)31-24/h9-15,17H,4-8H2,1-3H3. The fraction of sp³-hybridized carbons (Fsp3) is 0.360. The van der Waals surface area contributed by atoms with Gasteiger partial charge in [-0.05, 0) is 55.8 Å². The smallest absolute Gasteiger partial charge is 0.274 e. The highest BCUT2D eigenvalue weighted by Gasteiger charge is 2.40. The van der Waals surface area contributed by atoms with Crippen LogP contribution in [0, 0.1) is 6.92 Å². The third kappa shape index (κ3) is 3.92. The van der Waals surface area contributed by atoms with Crippen molar-refractivity contribution < 1.29 is 9.53 Å². The van der Waals surface area contributed by atoms with Crippen molar-refractivity contribution in [2.24, 2.45) is 4.99 Å². The van der Waals surface area contributed by atoms with E-state index in [1.807, 2.05) is 31.3 Å². The average molecular weight is 466 g/mol. The van der Waals surface area contributed by atoms with E-state index in [-0.39, 0.29) is 5.91 Å². The lowest BCUT2D eigenvalue weighted by Crippen LogP contribution is -2.30. The van der Waals surface area contributed by atoms with Crippen LogP contribution in [0.15, 0.2) is 62.3 Å². The molecule has 0 radical (unpaired) electrons. The first-order valence-electron chi connectivity index (χ1n) is 11.1. The Morgan fingerprint density at radius 3 is 2.50 bits per heavy atom. The number of hydrogen-bond donors (Lipinski definition) is 0. The van der Waals surface area contributed by atoms with E-state index >= 15 is 0 Å². The number of carbonyl (C=O) groups excluding carboxylic acids is 1. The number of benzene rings is 2. The van der Waals surface area contributed by atoms with E-state index in [0.717, 1.165) is 50.0 Å². The maximum atomic E-state index is 13.8. The molecule has 1 aliphatic carbocycles. The number of ether oxygens (including phenoxy) is 1. The molecular weight excluding hydrogens is 438 g/mol. The van der Waals surface area contributed by atoms with Gasteiger partial charge in [-0.2, -0.15) is 0 Å². The SMILES string of the molecule is COc1ccc2c(c1)N(C)C(=C1SC(=NC3CCCCC3)N(c3ccc(C)cc3)C1=O)S2. The molecule has 1 saturated carbocycles. The van der Waals surface area contributed by atoms with Gasteiger partial charge in [0.25, 0.3) is 5.91 Å². The number of rotatable bonds is 3. The van der Waals surface area contributed by atoms with E-state index in [1.165, 1.54) is 36.6 Å². The van der Waals surface area contributed by atoms with Crippen LogP contribution >= 0.6 is 23.5 Å². The number of nitrogens with zero attached hydrogens (tertiary/aromatic N) is 3. The van der Waals surface area contributed by atoms with Gasteiger partial charge in [0.2, 0.25) is 0 Å². The molecule has 3 aliphatic rings. The largest absolute Gasteiger partial charge is 0.497 e. The number of aliphatic imine (C=N–C) groups is 1. The summed E-state index contributed by atoms with van der Waals surface area (Å²) >= 11 is 3.15. The third-order valence-electron chi connectivity index (χ3n) is 6.17. The number of carbonyl (C=O) groups is 1. The first-order valence-corrected chi connectivity index (χ1v) is 12.7. The molecule has 7 heteroatoms. The summed E-state index contributed by atoms with van der Waals surface area (Å²) in [5, 5.41) is 1.75. The van der Waals surface area contributed by atoms with Crippen LogP contribution < -0.4 is 14.5 Å². The van der Waals surface area contributed by atoms with Crippen LogP contribution in [0.25, 0.3) is 0 Å². The highest BCUT2D eigenvalue weighted by molar-refractivity contribution is 8.20. The third-order valence-corrected chi connectivity index (χ3v) is 8.58. The predicted molar refractivity (Wildman–Crippen MR) is 135 cm³/mol. The Bertz CT molecular complexity index is 1100. The molecule has 2 heterocycles. The predicted octanol–water partition coefficient (Wildman–Crippen LogP) is 6.18. The second kappa shape index (κ2) is 8.87. The van der Waals surface area contributed by atoms with Gasteiger partial charge in [-0.15, -0.1) is 0 Å². The molecule has 0 atom stereocenters. The first-order chi connectivity index (χ1) is 15.5. The Labute approximate surface area is 197 Å². The molecule has 0 aromatic heterocycles. The average Bonchev–Trinajstić information content (AvgIpc) is 3.31. The molecule has 0 spiro atoms. The zero-order valence-corrected chi connectivity index (χ0v) is 20.3. The van der Waals surface area contributed by atoms with Crippen molar-refractivity contribution in [3.05, 3.63) is 58.0 Å². The van der Waals surface area contributed by atoms with Gasteiger partial charge in [0.15, 0.2) is 5.17 Å². The van der Waals surface area contributed by atoms with E-state index < -0.39 is 0 Å². The van der Waals surface area contributed by atoms with Crippen LogP contribution in [0.1, 0.15) is 37.7 Å². The van der Waals surface area contributed by atoms with Crippen molar-refractivity contribution in [1.82, 2.24) is 0 Å². The molecule has 32 heavy (non-hydrogen) atoms. The van der Waals surface area contributed by atoms with Crippen molar-refractivity contribution >= 4 is 46.0 Å². The lowest BCUT2D eigenvalue weighted by molar-refractivity contribution is -0.113. The van der Waals surface area contributed by atoms with Crippen LogP contribution in [-0.2, 0) is 4.79 Å². The monoisotopic (exact) mass is 465 g/mol. The lowest BCUT2D eigenvalue weighted by atomic mass is 9.96. The second-order valence-electron chi connectivity index (χ2n) is 8.41. The van der Waals surface area contributed by atoms with Crippen LogP contribution in [0.4, 0.5) is 11.4 Å². The van der Waals surface area contributed by atoms with Gasteiger partial charge in [-0.1, -0.05) is 48.7 Å². The van der Waals surface area contributed by atoms with Crippen LogP contribution in [-0.4, -0.2) is 31.3 Å². The van der Waals surface area contributed by atoms with Crippen molar-refractivity contribution in [2.75, 3.05) is 24.0 Å². The molecule has 2 fully saturated rings. The summed E-state index contributed by atoms with van der Waals surface area (Å²) in [6, 6.07) is 14.5. The molecule has 5 nitrogen and oxygen atoms in total. The summed E-state index contributed by atoms with van der Waals surface area (Å²) in [6.45, 7) is 2.06. The molecular formula is C25H27N3O2S2. The lowest BCUT2D eigenvalue weighted by Gasteiger charge is -2.21. The van der Waals surface area contributed by atoms with E-state index in [2.05, 4.69) is 30.0 Å². The van der Waals surface area contributed by atoms with Crippen molar-refractivity contribution in [1.29, 1.82) is 0 Å². The number of hydrogen-bond acceptors (Lipinski definition) is 6. The molecule has 0 unspecified atom stereocenters. The summed E-state index contributed by atoms with van der Waals surface area (Å²) in [5.41, 5.74) is 3.11. The van der Waals surface area contributed by atoms with Gasteiger partial charge in [-0.3, -0.25) is 14.7 Å². The number of fused-ring (bicyclic) bond motifs is 1. The zero-order valence-electron chi connectivity index (χ0n) is 18.6. The second-order valence-corrected chi connectivity index (χ2v) is 10.4. The minimum atomic E-state index is 0.00235. The van der Waals surface area contributed by atoms with Gasteiger partial charge in [0.1, 0.15) is 10.7 Å². The topological polar surface area (TPSA) is 45.1 Å². The minimum Gasteiger partial charge on any atom is -0.497 e. The Hall–Kier alpha value is -2.38. The number of aryl methyl sites for hydroxylation is 1. The van der Waals surface area contributed by atoms with Crippen molar-refractivity contribution in [3.8, 4) is 5.75 Å². The summed E-state index contributed by atoms with van der Waals surface area (Å²) in [6.07, 6.45) is 5.92. The summed E-state index contributed by atoms with van der Waals surface area (Å²) in [7, 11) is 3.69. The number of thioether (sulfide) groups is 2. The minimum absolute atomic E-state index is 0.00235. The zero-order chi connectivity index (χ0) is 22.2. The van der Waals surface area contributed by atoms with Crippen molar-refractivity contribution in [3.63, 3.8) is 0 Å². The van der Waals surface area contributed by atoms with Crippen molar-refractivity contribution in [2.45, 2.75) is 50.0 Å². The normalized spacial score (nSPS) is 22.7. The fourth-order valence-electron chi connectivity index (χ4n) is 4.33. The molecule has 166 valence electrons. The summed E-state index contributed by atoms with van der Waals surface area (Å²) < 4.78 is 5.40. The molecule has 0 N–H and O–H groups in total. The Kier molecular flexibility index (Phi) is 5.95. The molecule has 2 aromatic carbocycles. The molecule has 1 amide bonds. The van der Waals surface area contributed by atoms with E-state index in [9.17, 15) is 4.79 Å². The Morgan fingerprint density at radius 2 is 1.78 bits per heavy atom. The van der Waals surface area contributed by atoms with Gasteiger partial charge >= 0.3 is 0 Å². The number of amides is 1. The van der Waals surface area contributed by atoms with Gasteiger partial charge in [0.05, 0.1) is 29.6 Å². The fourth-order valence-corrected chi connectivity index (χ4v) is 6.71. The first kappa shape index (κ1) is 21.5. The highest BCUT2D eigenvalue weighted by Crippen LogP contribution is 2.51.